The summed E-state index contributed by atoms with van der Waals surface area (Å²) in [6, 6.07) is 24.7. The van der Waals surface area contributed by atoms with Crippen molar-refractivity contribution in [3.05, 3.63) is 94.5 Å². The van der Waals surface area contributed by atoms with E-state index in [1.165, 1.54) is 10.5 Å². The molecular formula is C27H29ClN2OS. The van der Waals surface area contributed by atoms with E-state index in [0.29, 0.717) is 0 Å². The molecule has 32 heavy (non-hydrogen) atoms. The molecule has 4 rings (SSSR count). The van der Waals surface area contributed by atoms with Crippen LogP contribution in [0.1, 0.15) is 29.5 Å². The van der Waals surface area contributed by atoms with E-state index in [-0.39, 0.29) is 11.8 Å². The molecule has 0 spiro atoms. The Bertz CT molecular complexity index is 1060. The van der Waals surface area contributed by atoms with Crippen molar-refractivity contribution >= 4 is 35.0 Å². The van der Waals surface area contributed by atoms with Crippen molar-refractivity contribution in [3.63, 3.8) is 0 Å². The van der Waals surface area contributed by atoms with E-state index in [2.05, 4.69) is 59.6 Å². The Balaban J connectivity index is 1.33. The first-order chi connectivity index (χ1) is 15.6. The highest BCUT2D eigenvalue weighted by Gasteiger charge is 2.26. The summed E-state index contributed by atoms with van der Waals surface area (Å²) in [5.41, 5.74) is 4.40. The number of thioether (sulfide) groups is 1. The van der Waals surface area contributed by atoms with Crippen molar-refractivity contribution < 1.29 is 4.79 Å². The number of piperidine rings is 1. The molecule has 1 saturated heterocycles. The monoisotopic (exact) mass is 464 g/mol. The van der Waals surface area contributed by atoms with Crippen molar-refractivity contribution in [2.75, 3.05) is 18.4 Å². The van der Waals surface area contributed by atoms with E-state index in [4.69, 9.17) is 11.6 Å². The minimum Gasteiger partial charge on any atom is -0.326 e. The van der Waals surface area contributed by atoms with Crippen LogP contribution < -0.4 is 5.32 Å². The number of nitrogens with zero attached hydrogens (tertiary/aromatic N) is 1. The molecule has 5 heteroatoms. The number of carbonyl (C=O) groups is 1. The summed E-state index contributed by atoms with van der Waals surface area (Å²) in [5.74, 6) is 1.03. The van der Waals surface area contributed by atoms with Crippen molar-refractivity contribution in [2.45, 2.75) is 37.0 Å². The third kappa shape index (κ3) is 6.16. The van der Waals surface area contributed by atoms with Gasteiger partial charge in [-0.3, -0.25) is 9.69 Å². The smallest absolute Gasteiger partial charge is 0.228 e. The third-order valence-electron chi connectivity index (χ3n) is 5.93. The van der Waals surface area contributed by atoms with Gasteiger partial charge < -0.3 is 5.32 Å². The number of hydrogen-bond acceptors (Lipinski definition) is 3. The SMILES string of the molecule is Cc1cc(CSc2ccccc2)ccc1NC(=O)C1CCCN(Cc2ccccc2Cl)C1. The second kappa shape index (κ2) is 11.0. The number of amides is 1. The zero-order valence-corrected chi connectivity index (χ0v) is 20.0. The van der Waals surface area contributed by atoms with Gasteiger partial charge in [0.1, 0.15) is 0 Å². The largest absolute Gasteiger partial charge is 0.326 e. The Hall–Kier alpha value is -2.27. The van der Waals surface area contributed by atoms with Crippen LogP contribution in [0.4, 0.5) is 5.69 Å². The molecule has 0 bridgehead atoms. The highest BCUT2D eigenvalue weighted by Crippen LogP contribution is 2.27. The molecule has 1 N–H and O–H groups in total. The van der Waals surface area contributed by atoms with Crippen LogP contribution >= 0.6 is 23.4 Å². The Morgan fingerprint density at radius 3 is 2.66 bits per heavy atom. The molecule has 0 aliphatic carbocycles. The van der Waals surface area contributed by atoms with Crippen molar-refractivity contribution in [1.29, 1.82) is 0 Å². The lowest BCUT2D eigenvalue weighted by Crippen LogP contribution is -2.40. The van der Waals surface area contributed by atoms with Gasteiger partial charge in [-0.25, -0.2) is 0 Å². The number of hydrogen-bond donors (Lipinski definition) is 1. The normalized spacial score (nSPS) is 16.6. The van der Waals surface area contributed by atoms with Gasteiger partial charge in [0.25, 0.3) is 0 Å². The number of nitrogens with one attached hydrogen (secondary N) is 1. The molecule has 1 fully saturated rings. The molecule has 1 aliphatic rings. The second-order valence-corrected chi connectivity index (χ2v) is 9.86. The molecule has 166 valence electrons. The van der Waals surface area contributed by atoms with Gasteiger partial charge in [-0.05, 0) is 67.3 Å². The lowest BCUT2D eigenvalue weighted by molar-refractivity contribution is -0.121. The third-order valence-corrected chi connectivity index (χ3v) is 7.38. The zero-order valence-electron chi connectivity index (χ0n) is 18.4. The Morgan fingerprint density at radius 2 is 1.88 bits per heavy atom. The van der Waals surface area contributed by atoms with E-state index in [1.54, 1.807) is 0 Å². The summed E-state index contributed by atoms with van der Waals surface area (Å²) < 4.78 is 0. The second-order valence-electron chi connectivity index (χ2n) is 8.41. The molecule has 3 nitrogen and oxygen atoms in total. The number of anilines is 1. The predicted octanol–water partition coefficient (Wildman–Crippen LogP) is 6.79. The van der Waals surface area contributed by atoms with E-state index >= 15 is 0 Å². The average molecular weight is 465 g/mol. The number of rotatable bonds is 7. The summed E-state index contributed by atoms with van der Waals surface area (Å²) >= 11 is 8.15. The standard InChI is InChI=1S/C27H29ClN2OS/c1-20-16-21(19-32-24-10-3-2-4-11-24)13-14-26(20)29-27(31)23-9-7-15-30(18-23)17-22-8-5-6-12-25(22)28/h2-6,8,10-14,16,23H,7,9,15,17-19H2,1H3,(H,29,31). The summed E-state index contributed by atoms with van der Waals surface area (Å²) in [4.78, 5) is 16.6. The van der Waals surface area contributed by atoms with Gasteiger partial charge in [0.2, 0.25) is 5.91 Å². The number of carbonyl (C=O) groups excluding carboxylic acids is 1. The van der Waals surface area contributed by atoms with Crippen LogP contribution in [0.3, 0.4) is 0 Å². The van der Waals surface area contributed by atoms with E-state index in [0.717, 1.165) is 60.1 Å². The maximum Gasteiger partial charge on any atom is 0.228 e. The average Bonchev–Trinajstić information content (AvgIpc) is 2.81. The number of benzene rings is 3. The van der Waals surface area contributed by atoms with Crippen LogP contribution in [0.2, 0.25) is 5.02 Å². The van der Waals surface area contributed by atoms with Crippen LogP contribution in [0.5, 0.6) is 0 Å². The van der Waals surface area contributed by atoms with Crippen molar-refractivity contribution in [2.24, 2.45) is 5.92 Å². The molecule has 3 aromatic carbocycles. The van der Waals surface area contributed by atoms with Crippen molar-refractivity contribution in [1.82, 2.24) is 4.90 Å². The van der Waals surface area contributed by atoms with E-state index in [9.17, 15) is 4.79 Å². The molecule has 3 aromatic rings. The quantitative estimate of drug-likeness (QED) is 0.390. The minimum absolute atomic E-state index is 0.000972. The molecular weight excluding hydrogens is 436 g/mol. The Kier molecular flexibility index (Phi) is 7.90. The van der Waals surface area contributed by atoms with Crippen molar-refractivity contribution in [3.8, 4) is 0 Å². The zero-order chi connectivity index (χ0) is 22.3. The first-order valence-electron chi connectivity index (χ1n) is 11.1. The van der Waals surface area contributed by atoms with Gasteiger partial charge >= 0.3 is 0 Å². The maximum atomic E-state index is 13.0. The first-order valence-corrected chi connectivity index (χ1v) is 12.5. The highest BCUT2D eigenvalue weighted by atomic mass is 35.5. The van der Waals surface area contributed by atoms with Crippen LogP contribution in [0.25, 0.3) is 0 Å². The number of aryl methyl sites for hydroxylation is 1. The molecule has 0 saturated carbocycles. The molecule has 1 heterocycles. The fourth-order valence-electron chi connectivity index (χ4n) is 4.15. The minimum atomic E-state index is -0.000972. The van der Waals surface area contributed by atoms with E-state index in [1.807, 2.05) is 42.1 Å². The lowest BCUT2D eigenvalue weighted by atomic mass is 9.96. The highest BCUT2D eigenvalue weighted by molar-refractivity contribution is 7.98. The lowest BCUT2D eigenvalue weighted by Gasteiger charge is -2.32. The maximum absolute atomic E-state index is 13.0. The topological polar surface area (TPSA) is 32.3 Å². The Labute approximate surface area is 200 Å². The van der Waals surface area contributed by atoms with Gasteiger partial charge in [0.05, 0.1) is 5.92 Å². The van der Waals surface area contributed by atoms with E-state index < -0.39 is 0 Å². The fourth-order valence-corrected chi connectivity index (χ4v) is 5.21. The summed E-state index contributed by atoms with van der Waals surface area (Å²) in [6.07, 6.45) is 1.95. The fraction of sp³-hybridized carbons (Fsp3) is 0.296. The summed E-state index contributed by atoms with van der Waals surface area (Å²) in [7, 11) is 0. The van der Waals surface area contributed by atoms with Crippen LogP contribution in [0, 0.1) is 12.8 Å². The Morgan fingerprint density at radius 1 is 1.09 bits per heavy atom. The molecule has 0 aromatic heterocycles. The molecule has 1 unspecified atom stereocenters. The molecule has 0 radical (unpaired) electrons. The van der Waals surface area contributed by atoms with Gasteiger partial charge in [0.15, 0.2) is 0 Å². The van der Waals surface area contributed by atoms with Gasteiger partial charge in [-0.2, -0.15) is 0 Å². The molecule has 1 atom stereocenters. The summed E-state index contributed by atoms with van der Waals surface area (Å²) in [5, 5.41) is 3.97. The molecule has 1 aliphatic heterocycles. The van der Waals surface area contributed by atoms with Gasteiger partial charge in [-0.15, -0.1) is 11.8 Å². The van der Waals surface area contributed by atoms with Gasteiger partial charge in [0, 0.05) is 34.4 Å². The first kappa shape index (κ1) is 22.9. The van der Waals surface area contributed by atoms with Crippen LogP contribution in [-0.4, -0.2) is 23.9 Å². The van der Waals surface area contributed by atoms with Crippen LogP contribution in [0.15, 0.2) is 77.7 Å². The number of halogens is 1. The number of likely N-dealkylation sites (tertiary alicyclic amines) is 1. The predicted molar refractivity (Wildman–Crippen MR) is 135 cm³/mol. The molecule has 1 amide bonds. The summed E-state index contributed by atoms with van der Waals surface area (Å²) in [6.45, 7) is 4.62. The van der Waals surface area contributed by atoms with Crippen LogP contribution in [-0.2, 0) is 17.1 Å². The van der Waals surface area contributed by atoms with Gasteiger partial charge in [-0.1, -0.05) is 60.1 Å².